The molecule has 2 rings (SSSR count). The van der Waals surface area contributed by atoms with Crippen LogP contribution in [0.1, 0.15) is 5.56 Å². The summed E-state index contributed by atoms with van der Waals surface area (Å²) in [4.78, 5) is 0. The van der Waals surface area contributed by atoms with Crippen LogP contribution in [0, 0.1) is 22.1 Å². The smallest absolute Gasteiger partial charge is 0.142 e. The van der Waals surface area contributed by atoms with E-state index < -0.39 is 0 Å². The van der Waals surface area contributed by atoms with Gasteiger partial charge in [-0.05, 0) is 18.2 Å². The summed E-state index contributed by atoms with van der Waals surface area (Å²) in [5, 5.41) is 29.9. The van der Waals surface area contributed by atoms with Crippen molar-refractivity contribution in [2.45, 2.75) is 0 Å². The van der Waals surface area contributed by atoms with Gasteiger partial charge in [-0.2, -0.15) is 5.26 Å². The monoisotopic (exact) mass is 256 g/mol. The molecule has 6 nitrogen and oxygen atoms in total. The largest absolute Gasteiger partial charge is 0.389 e. The summed E-state index contributed by atoms with van der Waals surface area (Å²) in [6.07, 6.45) is 0. The predicted octanol–water partition coefficient (Wildman–Crippen LogP) is 3.65. The molecule has 0 aliphatic heterocycles. The highest BCUT2D eigenvalue weighted by molar-refractivity contribution is 7.19. The van der Waals surface area contributed by atoms with Crippen molar-refractivity contribution in [3.05, 3.63) is 42.0 Å². The Labute approximate surface area is 107 Å². The van der Waals surface area contributed by atoms with Crippen LogP contribution in [0.3, 0.4) is 0 Å². The lowest BCUT2D eigenvalue weighted by atomic mass is 10.3. The number of benzene rings is 1. The van der Waals surface area contributed by atoms with Crippen molar-refractivity contribution in [2.75, 3.05) is 5.73 Å². The second kappa shape index (κ2) is 6.74. The maximum absolute atomic E-state index is 8.72. The predicted molar refractivity (Wildman–Crippen MR) is 67.5 cm³/mol. The molecule has 88 valence electrons. The van der Waals surface area contributed by atoms with Gasteiger partial charge in [0, 0.05) is 10.8 Å². The minimum atomic E-state index is 0.451. The molecule has 0 radical (unpaired) electrons. The Morgan fingerprint density at radius 2 is 1.78 bits per heavy atom. The van der Waals surface area contributed by atoms with Crippen LogP contribution in [-0.4, -0.2) is 0 Å². The number of nitrogens with zero attached hydrogens (tertiary/aromatic N) is 5. The summed E-state index contributed by atoms with van der Waals surface area (Å²) in [5.41, 5.74) is 6.84. The molecule has 0 saturated carbocycles. The van der Waals surface area contributed by atoms with E-state index in [0.717, 1.165) is 5.69 Å². The lowest BCUT2D eigenvalue weighted by Crippen LogP contribution is -1.80. The van der Waals surface area contributed by atoms with Crippen molar-refractivity contribution in [2.24, 2.45) is 10.2 Å². The molecule has 1 aromatic heterocycles. The zero-order valence-electron chi connectivity index (χ0n) is 9.19. The maximum Gasteiger partial charge on any atom is 0.142 e. The molecule has 1 heterocycles. The zero-order valence-corrected chi connectivity index (χ0v) is 10.0. The third-order valence-electron chi connectivity index (χ3n) is 1.89. The molecular formula is C11H8N6S. The second-order valence-corrected chi connectivity index (χ2v) is 4.07. The topological polar surface area (TPSA) is 122 Å². The first-order valence-corrected chi connectivity index (χ1v) is 5.57. The highest BCUT2D eigenvalue weighted by atomic mass is 32.1. The molecule has 0 aliphatic rings. The number of anilines is 1. The summed E-state index contributed by atoms with van der Waals surface area (Å²) in [5.74, 6) is 0. The molecule has 0 spiro atoms. The maximum atomic E-state index is 8.72. The van der Waals surface area contributed by atoms with Crippen LogP contribution in [-0.2, 0) is 0 Å². The summed E-state index contributed by atoms with van der Waals surface area (Å²) in [7, 11) is 0. The molecule has 0 saturated heterocycles. The molecule has 18 heavy (non-hydrogen) atoms. The van der Waals surface area contributed by atoms with Crippen LogP contribution in [0.5, 0.6) is 0 Å². The average molecular weight is 256 g/mol. The lowest BCUT2D eigenvalue weighted by Gasteiger charge is -1.88. The third-order valence-corrected chi connectivity index (χ3v) is 2.74. The quantitative estimate of drug-likeness (QED) is 0.650. The molecule has 0 unspecified atom stereocenters. The first kappa shape index (κ1) is 13.3. The van der Waals surface area contributed by atoms with Gasteiger partial charge in [0.15, 0.2) is 0 Å². The van der Waals surface area contributed by atoms with Gasteiger partial charge in [0.2, 0.25) is 0 Å². The van der Waals surface area contributed by atoms with E-state index >= 15 is 0 Å². The Morgan fingerprint density at radius 3 is 2.33 bits per heavy atom. The van der Waals surface area contributed by atoms with Crippen LogP contribution in [0.4, 0.5) is 15.7 Å². The van der Waals surface area contributed by atoms with Crippen LogP contribution in [0.2, 0.25) is 0 Å². The molecule has 0 fully saturated rings. The van der Waals surface area contributed by atoms with E-state index in [1.54, 1.807) is 6.07 Å². The van der Waals surface area contributed by atoms with Gasteiger partial charge in [-0.15, -0.1) is 10.2 Å². The lowest BCUT2D eigenvalue weighted by molar-refractivity contribution is 1.15. The molecule has 7 heteroatoms. The summed E-state index contributed by atoms with van der Waals surface area (Å²) in [6.45, 7) is 0. The van der Waals surface area contributed by atoms with Gasteiger partial charge < -0.3 is 5.73 Å². The SMILES string of the molecule is N#Cc1cc(N=Nc2ccccc2)sc1N.N#N. The second-order valence-electron chi connectivity index (χ2n) is 3.01. The fourth-order valence-electron chi connectivity index (χ4n) is 1.13. The first-order chi connectivity index (χ1) is 8.79. The van der Waals surface area contributed by atoms with Gasteiger partial charge in [0.25, 0.3) is 0 Å². The van der Waals surface area contributed by atoms with Gasteiger partial charge in [-0.3, -0.25) is 0 Å². The minimum Gasteiger partial charge on any atom is -0.389 e. The van der Waals surface area contributed by atoms with Crippen molar-refractivity contribution < 1.29 is 0 Å². The van der Waals surface area contributed by atoms with Crippen molar-refractivity contribution in [3.63, 3.8) is 0 Å². The van der Waals surface area contributed by atoms with Crippen LogP contribution in [0.15, 0.2) is 46.6 Å². The molecule has 1 aromatic carbocycles. The molecule has 2 aromatic rings. The molecular weight excluding hydrogens is 248 g/mol. The minimum absolute atomic E-state index is 0.451. The summed E-state index contributed by atoms with van der Waals surface area (Å²) in [6, 6.07) is 13.0. The van der Waals surface area contributed by atoms with Crippen molar-refractivity contribution >= 4 is 27.0 Å². The molecule has 0 aliphatic carbocycles. The molecule has 2 N–H and O–H groups in total. The number of nitrogens with two attached hydrogens (primary N) is 1. The molecule has 0 atom stereocenters. The van der Waals surface area contributed by atoms with Gasteiger partial charge in [-0.1, -0.05) is 29.5 Å². The Morgan fingerprint density at radius 1 is 1.11 bits per heavy atom. The van der Waals surface area contributed by atoms with E-state index in [1.165, 1.54) is 11.3 Å². The van der Waals surface area contributed by atoms with Gasteiger partial charge in [0.1, 0.15) is 16.1 Å². The Bertz CT molecular complexity index is 593. The van der Waals surface area contributed by atoms with Gasteiger partial charge in [-0.25, -0.2) is 0 Å². The Balaban J connectivity index is 0.000000771. The van der Waals surface area contributed by atoms with Crippen LogP contribution >= 0.6 is 11.3 Å². The number of hydrogen-bond donors (Lipinski definition) is 1. The van der Waals surface area contributed by atoms with Crippen molar-refractivity contribution in [1.82, 2.24) is 0 Å². The fourth-order valence-corrected chi connectivity index (χ4v) is 1.83. The van der Waals surface area contributed by atoms with E-state index in [1.807, 2.05) is 36.4 Å². The van der Waals surface area contributed by atoms with Gasteiger partial charge in [0.05, 0.1) is 11.3 Å². The van der Waals surface area contributed by atoms with E-state index in [0.29, 0.717) is 15.6 Å². The number of hydrogen-bond acceptors (Lipinski definition) is 7. The average Bonchev–Trinajstić information content (AvgIpc) is 2.80. The van der Waals surface area contributed by atoms with Crippen LogP contribution < -0.4 is 5.73 Å². The summed E-state index contributed by atoms with van der Waals surface area (Å²) < 4.78 is 0. The Kier molecular flexibility index (Phi) is 4.98. The number of nitrogen functional groups attached to an aromatic ring is 1. The molecule has 0 amide bonds. The number of nitriles is 1. The van der Waals surface area contributed by atoms with Crippen molar-refractivity contribution in [3.8, 4) is 6.07 Å². The van der Waals surface area contributed by atoms with Crippen LogP contribution in [0.25, 0.3) is 0 Å². The molecule has 0 bridgehead atoms. The van der Waals surface area contributed by atoms with Crippen molar-refractivity contribution in [1.29, 1.82) is 16.0 Å². The van der Waals surface area contributed by atoms with Gasteiger partial charge >= 0.3 is 0 Å². The van der Waals surface area contributed by atoms with E-state index in [-0.39, 0.29) is 0 Å². The zero-order chi connectivity index (χ0) is 13.4. The number of thiophene rings is 1. The number of rotatable bonds is 2. The van der Waals surface area contributed by atoms with E-state index in [9.17, 15) is 0 Å². The third kappa shape index (κ3) is 3.37. The number of azo groups is 1. The fraction of sp³-hybridized carbons (Fsp3) is 0. The van der Waals surface area contributed by atoms with E-state index in [4.69, 9.17) is 21.8 Å². The van der Waals surface area contributed by atoms with E-state index in [2.05, 4.69) is 10.2 Å². The standard InChI is InChI=1S/C11H8N4S.N2/c12-7-8-6-10(16-11(8)13)15-14-9-4-2-1-3-5-9;1-2/h1-6H,13H2;. The Hall–Kier alpha value is -2.77. The first-order valence-electron chi connectivity index (χ1n) is 4.76. The highest BCUT2D eigenvalue weighted by Gasteiger charge is 2.04. The summed E-state index contributed by atoms with van der Waals surface area (Å²) >= 11 is 1.25. The highest BCUT2D eigenvalue weighted by Crippen LogP contribution is 2.32. The normalized spacial score (nSPS) is 9.39.